The number of fused-ring (bicyclic) bond motifs is 1. The SMILES string of the molecule is N#CC1(C(=O)N2CCc3c(-c4cccc(C(=O)O)c4)ccc(CNC(=O)[C@H]4C[C@@H]4c4ccccc4)c3C2)CC1. The first-order chi connectivity index (χ1) is 18.9. The second-order valence-electron chi connectivity index (χ2n) is 10.9. The first-order valence-corrected chi connectivity index (χ1v) is 13.4. The first-order valence-electron chi connectivity index (χ1n) is 13.4. The Morgan fingerprint density at radius 2 is 1.82 bits per heavy atom. The van der Waals surface area contributed by atoms with E-state index in [1.807, 2.05) is 36.4 Å². The van der Waals surface area contributed by atoms with Gasteiger partial charge in [-0.15, -0.1) is 0 Å². The van der Waals surface area contributed by atoms with Crippen molar-refractivity contribution in [2.45, 2.75) is 44.7 Å². The van der Waals surface area contributed by atoms with Crippen LogP contribution in [0.25, 0.3) is 11.1 Å². The molecule has 196 valence electrons. The van der Waals surface area contributed by atoms with Gasteiger partial charge in [-0.1, -0.05) is 54.6 Å². The van der Waals surface area contributed by atoms with Gasteiger partial charge in [0.1, 0.15) is 5.41 Å². The highest BCUT2D eigenvalue weighted by molar-refractivity contribution is 5.90. The van der Waals surface area contributed by atoms with Crippen LogP contribution in [0, 0.1) is 22.7 Å². The number of carbonyl (C=O) groups is 3. The quantitative estimate of drug-likeness (QED) is 0.472. The predicted molar refractivity (Wildman–Crippen MR) is 144 cm³/mol. The summed E-state index contributed by atoms with van der Waals surface area (Å²) in [4.78, 5) is 39.6. The van der Waals surface area contributed by atoms with Gasteiger partial charge in [-0.2, -0.15) is 5.26 Å². The van der Waals surface area contributed by atoms with Crippen molar-refractivity contribution in [2.24, 2.45) is 11.3 Å². The Morgan fingerprint density at radius 1 is 1.03 bits per heavy atom. The number of hydrogen-bond acceptors (Lipinski definition) is 4. The summed E-state index contributed by atoms with van der Waals surface area (Å²) in [5, 5.41) is 22.2. The summed E-state index contributed by atoms with van der Waals surface area (Å²) in [6.45, 7) is 1.21. The fourth-order valence-electron chi connectivity index (χ4n) is 5.84. The molecule has 39 heavy (non-hydrogen) atoms. The number of nitriles is 1. The van der Waals surface area contributed by atoms with Gasteiger partial charge in [-0.3, -0.25) is 9.59 Å². The van der Waals surface area contributed by atoms with Crippen molar-refractivity contribution >= 4 is 17.8 Å². The lowest BCUT2D eigenvalue weighted by atomic mass is 9.86. The minimum Gasteiger partial charge on any atom is -0.478 e. The number of hydrogen-bond donors (Lipinski definition) is 2. The Bertz CT molecular complexity index is 1520. The van der Waals surface area contributed by atoms with E-state index in [4.69, 9.17) is 0 Å². The number of carbonyl (C=O) groups excluding carboxylic acids is 2. The third-order valence-electron chi connectivity index (χ3n) is 8.40. The van der Waals surface area contributed by atoms with E-state index in [2.05, 4.69) is 23.5 Å². The first kappa shape index (κ1) is 24.9. The fraction of sp³-hybridized carbons (Fsp3) is 0.312. The van der Waals surface area contributed by atoms with Crippen molar-refractivity contribution in [3.05, 3.63) is 94.5 Å². The molecule has 0 unspecified atom stereocenters. The third-order valence-corrected chi connectivity index (χ3v) is 8.40. The number of aromatic carboxylic acids is 1. The third kappa shape index (κ3) is 4.67. The van der Waals surface area contributed by atoms with E-state index in [0.717, 1.165) is 34.2 Å². The van der Waals surface area contributed by atoms with Crippen LogP contribution in [-0.2, 0) is 29.1 Å². The molecule has 7 heteroatoms. The smallest absolute Gasteiger partial charge is 0.335 e. The van der Waals surface area contributed by atoms with Gasteiger partial charge in [0.15, 0.2) is 0 Å². The van der Waals surface area contributed by atoms with Gasteiger partial charge in [0.25, 0.3) is 0 Å². The summed E-state index contributed by atoms with van der Waals surface area (Å²) in [7, 11) is 0. The Hall–Kier alpha value is -4.44. The van der Waals surface area contributed by atoms with Gasteiger partial charge in [0.2, 0.25) is 11.8 Å². The number of rotatable bonds is 7. The molecule has 2 saturated carbocycles. The summed E-state index contributed by atoms with van der Waals surface area (Å²) in [5.41, 5.74) is 5.21. The molecule has 1 heterocycles. The Kier molecular flexibility index (Phi) is 6.19. The molecular weight excluding hydrogens is 490 g/mol. The van der Waals surface area contributed by atoms with Crippen LogP contribution in [0.4, 0.5) is 0 Å². The molecular formula is C32H29N3O4. The van der Waals surface area contributed by atoms with E-state index in [1.54, 1.807) is 23.1 Å². The highest BCUT2D eigenvalue weighted by atomic mass is 16.4. The average molecular weight is 520 g/mol. The molecule has 0 bridgehead atoms. The summed E-state index contributed by atoms with van der Waals surface area (Å²) >= 11 is 0. The zero-order chi connectivity index (χ0) is 27.1. The van der Waals surface area contributed by atoms with Crippen LogP contribution in [0.2, 0.25) is 0 Å². The number of amides is 2. The van der Waals surface area contributed by atoms with Crippen LogP contribution < -0.4 is 5.32 Å². The Balaban J connectivity index is 1.27. The highest BCUT2D eigenvalue weighted by Gasteiger charge is 2.53. The molecule has 3 aromatic rings. The average Bonchev–Trinajstić information content (AvgIpc) is 3.90. The molecule has 2 N–H and O–H groups in total. The Morgan fingerprint density at radius 3 is 2.54 bits per heavy atom. The van der Waals surface area contributed by atoms with Crippen LogP contribution in [0.1, 0.15) is 57.8 Å². The van der Waals surface area contributed by atoms with Crippen molar-refractivity contribution < 1.29 is 19.5 Å². The normalized spacial score (nSPS) is 20.3. The molecule has 1 aliphatic heterocycles. The summed E-state index contributed by atoms with van der Waals surface area (Å²) in [6, 6.07) is 23.1. The van der Waals surface area contributed by atoms with Crippen LogP contribution in [0.15, 0.2) is 66.7 Å². The van der Waals surface area contributed by atoms with E-state index in [1.165, 1.54) is 5.56 Å². The molecule has 2 amide bonds. The van der Waals surface area contributed by atoms with Gasteiger partial charge in [-0.25, -0.2) is 4.79 Å². The minimum absolute atomic E-state index is 0.0287. The topological polar surface area (TPSA) is 110 Å². The summed E-state index contributed by atoms with van der Waals surface area (Å²) < 4.78 is 0. The van der Waals surface area contributed by atoms with Crippen molar-refractivity contribution in [3.8, 4) is 17.2 Å². The van der Waals surface area contributed by atoms with E-state index in [9.17, 15) is 24.8 Å². The molecule has 0 spiro atoms. The lowest BCUT2D eigenvalue weighted by Crippen LogP contribution is -2.41. The van der Waals surface area contributed by atoms with Crippen LogP contribution >= 0.6 is 0 Å². The standard InChI is InChI=1S/C32H29N3O4/c33-19-32(12-13-32)31(39)35-14-11-25-24(21-7-4-8-22(15-21)30(37)38)10-9-23(28(25)18-35)17-34-29(36)27-16-26(27)20-5-2-1-3-6-20/h1-10,15,26-27H,11-14,16-18H2,(H,34,36)(H,37,38)/t26-,27+/m1/s1. The number of carboxylic acid groups (broad SMARTS) is 1. The van der Waals surface area contributed by atoms with E-state index in [0.29, 0.717) is 38.9 Å². The highest BCUT2D eigenvalue weighted by Crippen LogP contribution is 2.48. The Labute approximate surface area is 227 Å². The molecule has 0 saturated heterocycles. The lowest BCUT2D eigenvalue weighted by molar-refractivity contribution is -0.136. The van der Waals surface area contributed by atoms with Gasteiger partial charge < -0.3 is 15.3 Å². The molecule has 0 radical (unpaired) electrons. The number of carboxylic acids is 1. The van der Waals surface area contributed by atoms with Crippen molar-refractivity contribution in [3.63, 3.8) is 0 Å². The largest absolute Gasteiger partial charge is 0.478 e. The number of nitrogens with one attached hydrogen (secondary N) is 1. The summed E-state index contributed by atoms with van der Waals surface area (Å²) in [5.74, 6) is -0.863. The number of nitrogens with zero attached hydrogens (tertiary/aromatic N) is 2. The molecule has 7 nitrogen and oxygen atoms in total. The lowest BCUT2D eigenvalue weighted by Gasteiger charge is -2.33. The van der Waals surface area contributed by atoms with E-state index < -0.39 is 11.4 Å². The van der Waals surface area contributed by atoms with Gasteiger partial charge in [-0.05, 0) is 77.1 Å². The second kappa shape index (κ2) is 9.70. The van der Waals surface area contributed by atoms with Gasteiger partial charge >= 0.3 is 5.97 Å². The zero-order valence-corrected chi connectivity index (χ0v) is 21.5. The maximum atomic E-state index is 13.2. The minimum atomic E-state index is -0.984. The maximum Gasteiger partial charge on any atom is 0.335 e. The van der Waals surface area contributed by atoms with Crippen LogP contribution in [-0.4, -0.2) is 34.3 Å². The predicted octanol–water partition coefficient (Wildman–Crippen LogP) is 4.66. The molecule has 2 aliphatic carbocycles. The van der Waals surface area contributed by atoms with Gasteiger partial charge in [0, 0.05) is 25.6 Å². The molecule has 2 fully saturated rings. The van der Waals surface area contributed by atoms with Crippen LogP contribution in [0.5, 0.6) is 0 Å². The molecule has 6 rings (SSSR count). The monoisotopic (exact) mass is 519 g/mol. The molecule has 3 aromatic carbocycles. The summed E-state index contributed by atoms with van der Waals surface area (Å²) in [6.07, 6.45) is 2.63. The van der Waals surface area contributed by atoms with Gasteiger partial charge in [0.05, 0.1) is 11.6 Å². The van der Waals surface area contributed by atoms with Crippen molar-refractivity contribution in [1.82, 2.24) is 10.2 Å². The maximum absolute atomic E-state index is 13.2. The van der Waals surface area contributed by atoms with Crippen LogP contribution in [0.3, 0.4) is 0 Å². The van der Waals surface area contributed by atoms with E-state index >= 15 is 0 Å². The molecule has 2 atom stereocenters. The molecule has 3 aliphatic rings. The zero-order valence-electron chi connectivity index (χ0n) is 21.5. The molecule has 0 aromatic heterocycles. The van der Waals surface area contributed by atoms with Crippen molar-refractivity contribution in [2.75, 3.05) is 6.54 Å². The second-order valence-corrected chi connectivity index (χ2v) is 10.9. The van der Waals surface area contributed by atoms with Crippen molar-refractivity contribution in [1.29, 1.82) is 5.26 Å². The fourth-order valence-corrected chi connectivity index (χ4v) is 5.84. The number of benzene rings is 3. The van der Waals surface area contributed by atoms with E-state index in [-0.39, 0.29) is 29.2 Å².